The Bertz CT molecular complexity index is 2110. The van der Waals surface area contributed by atoms with Gasteiger partial charge in [-0.3, -0.25) is 0 Å². The van der Waals surface area contributed by atoms with E-state index in [1.54, 1.807) is 0 Å². The highest BCUT2D eigenvalue weighted by molar-refractivity contribution is 6.01. The standard InChI is InChI=1S/C47H47N5/c1-4-50(5-2)42-27-21-37(22-28-42)20-26-41-33-44(52(49-41)47-32-36(3)45-18-12-13-19-46(45)48-47)31-25-38-23-29-43(30-24-38)51(34-39-14-8-6-9-15-39)35-40-16-10-7-11-17-40/h6-32,44H,4-5,33-35H2,1-3H3. The molecule has 0 N–H and O–H groups in total. The number of aromatic nitrogens is 1. The summed E-state index contributed by atoms with van der Waals surface area (Å²) in [6, 6.07) is 49.6. The maximum absolute atomic E-state index is 5.14. The van der Waals surface area contributed by atoms with Crippen molar-refractivity contribution in [3.63, 3.8) is 0 Å². The molecule has 52 heavy (non-hydrogen) atoms. The quantitative estimate of drug-likeness (QED) is 0.122. The molecule has 1 aromatic heterocycles. The van der Waals surface area contributed by atoms with Gasteiger partial charge in [0.25, 0.3) is 0 Å². The Morgan fingerprint density at radius 2 is 1.19 bits per heavy atom. The van der Waals surface area contributed by atoms with Crippen LogP contribution < -0.4 is 14.8 Å². The van der Waals surface area contributed by atoms with E-state index in [1.165, 1.54) is 33.5 Å². The number of anilines is 3. The van der Waals surface area contributed by atoms with Crippen LogP contribution in [0.25, 0.3) is 23.1 Å². The molecule has 2 heterocycles. The lowest BCUT2D eigenvalue weighted by molar-refractivity contribution is 0.778. The zero-order chi connectivity index (χ0) is 35.7. The van der Waals surface area contributed by atoms with Crippen molar-refractivity contribution in [2.24, 2.45) is 5.10 Å². The van der Waals surface area contributed by atoms with E-state index in [-0.39, 0.29) is 6.04 Å². The van der Waals surface area contributed by atoms with Crippen molar-refractivity contribution < 1.29 is 0 Å². The highest BCUT2D eigenvalue weighted by atomic mass is 15.5. The van der Waals surface area contributed by atoms with Crippen molar-refractivity contribution in [3.8, 4) is 0 Å². The number of para-hydroxylation sites is 1. The Kier molecular flexibility index (Phi) is 10.9. The van der Waals surface area contributed by atoms with Gasteiger partial charge in [0.2, 0.25) is 0 Å². The fourth-order valence-corrected chi connectivity index (χ4v) is 6.92. The summed E-state index contributed by atoms with van der Waals surface area (Å²) < 4.78 is 0. The summed E-state index contributed by atoms with van der Waals surface area (Å²) in [6.07, 6.45) is 9.62. The summed E-state index contributed by atoms with van der Waals surface area (Å²) in [5, 5.41) is 8.40. The van der Waals surface area contributed by atoms with Gasteiger partial charge >= 0.3 is 0 Å². The van der Waals surface area contributed by atoms with Crippen molar-refractivity contribution in [1.29, 1.82) is 0 Å². The molecule has 0 bridgehead atoms. The molecule has 1 aliphatic rings. The van der Waals surface area contributed by atoms with Crippen LogP contribution in [0, 0.1) is 6.92 Å². The highest BCUT2D eigenvalue weighted by Gasteiger charge is 2.26. The minimum Gasteiger partial charge on any atom is -0.372 e. The van der Waals surface area contributed by atoms with E-state index in [9.17, 15) is 0 Å². The first-order chi connectivity index (χ1) is 25.6. The van der Waals surface area contributed by atoms with Gasteiger partial charge in [-0.05, 0) is 91.1 Å². The van der Waals surface area contributed by atoms with Gasteiger partial charge in [-0.2, -0.15) is 5.10 Å². The second-order valence-electron chi connectivity index (χ2n) is 13.4. The fraction of sp³-hybridized carbons (Fsp3) is 0.191. The lowest BCUT2D eigenvalue weighted by atomic mass is 10.1. The number of pyridine rings is 1. The van der Waals surface area contributed by atoms with Crippen LogP contribution in [0.2, 0.25) is 0 Å². The van der Waals surface area contributed by atoms with Crippen LogP contribution in [-0.2, 0) is 13.1 Å². The van der Waals surface area contributed by atoms with E-state index >= 15 is 0 Å². The second kappa shape index (κ2) is 16.4. The first-order valence-electron chi connectivity index (χ1n) is 18.4. The average Bonchev–Trinajstić information content (AvgIpc) is 3.61. The van der Waals surface area contributed by atoms with Crippen LogP contribution in [0.4, 0.5) is 17.2 Å². The van der Waals surface area contributed by atoms with Gasteiger partial charge in [-0.1, -0.05) is 121 Å². The van der Waals surface area contributed by atoms with Crippen LogP contribution in [-0.4, -0.2) is 29.8 Å². The van der Waals surface area contributed by atoms with E-state index in [1.807, 2.05) is 6.07 Å². The Balaban J connectivity index is 1.13. The van der Waals surface area contributed by atoms with E-state index in [2.05, 4.69) is 193 Å². The average molecular weight is 682 g/mol. The predicted octanol–water partition coefficient (Wildman–Crippen LogP) is 11.0. The summed E-state index contributed by atoms with van der Waals surface area (Å²) in [6.45, 7) is 10.2. The Morgan fingerprint density at radius 1 is 0.635 bits per heavy atom. The van der Waals surface area contributed by atoms with Gasteiger partial charge in [0.15, 0.2) is 0 Å². The summed E-state index contributed by atoms with van der Waals surface area (Å²) in [4.78, 5) is 9.87. The molecule has 0 fully saturated rings. The zero-order valence-electron chi connectivity index (χ0n) is 30.4. The summed E-state index contributed by atoms with van der Waals surface area (Å²) >= 11 is 0. The fourth-order valence-electron chi connectivity index (χ4n) is 6.92. The van der Waals surface area contributed by atoms with E-state index in [0.29, 0.717) is 0 Å². The smallest absolute Gasteiger partial charge is 0.150 e. The lowest BCUT2D eigenvalue weighted by Gasteiger charge is -2.25. The first kappa shape index (κ1) is 34.5. The maximum Gasteiger partial charge on any atom is 0.150 e. The van der Waals surface area contributed by atoms with Crippen LogP contribution in [0.15, 0.2) is 157 Å². The number of fused-ring (bicyclic) bond motifs is 1. The van der Waals surface area contributed by atoms with Gasteiger partial charge < -0.3 is 9.80 Å². The molecule has 6 aromatic rings. The number of benzene rings is 5. The molecule has 1 unspecified atom stereocenters. The minimum atomic E-state index is 0.0325. The normalized spacial score (nSPS) is 14.4. The topological polar surface area (TPSA) is 35.0 Å². The molecule has 0 saturated carbocycles. The molecule has 5 aromatic carbocycles. The van der Waals surface area contributed by atoms with Gasteiger partial charge in [0.05, 0.1) is 17.3 Å². The number of hydrogen-bond donors (Lipinski definition) is 0. The molecule has 0 amide bonds. The molecule has 0 aliphatic carbocycles. The number of aryl methyl sites for hydroxylation is 1. The van der Waals surface area contributed by atoms with Crippen LogP contribution in [0.5, 0.6) is 0 Å². The van der Waals surface area contributed by atoms with Crippen molar-refractivity contribution in [3.05, 3.63) is 179 Å². The lowest BCUT2D eigenvalue weighted by Crippen LogP contribution is -2.25. The number of allylic oxidation sites excluding steroid dienone is 1. The highest BCUT2D eigenvalue weighted by Crippen LogP contribution is 2.30. The van der Waals surface area contributed by atoms with Gasteiger partial charge in [0, 0.05) is 49.4 Å². The molecule has 1 aliphatic heterocycles. The molecule has 0 spiro atoms. The maximum atomic E-state index is 5.14. The molecule has 1 atom stereocenters. The number of nitrogens with zero attached hydrogens (tertiary/aromatic N) is 5. The van der Waals surface area contributed by atoms with Crippen molar-refractivity contribution in [2.45, 2.75) is 46.3 Å². The van der Waals surface area contributed by atoms with Crippen molar-refractivity contribution >= 4 is 46.0 Å². The second-order valence-corrected chi connectivity index (χ2v) is 13.4. The monoisotopic (exact) mass is 681 g/mol. The summed E-state index contributed by atoms with van der Waals surface area (Å²) in [5.74, 6) is 0.866. The third kappa shape index (κ3) is 8.33. The Labute approximate surface area is 308 Å². The van der Waals surface area contributed by atoms with E-state index in [4.69, 9.17) is 10.1 Å². The molecular formula is C47H47N5. The number of hydrogen-bond acceptors (Lipinski definition) is 5. The molecule has 0 saturated heterocycles. The summed E-state index contributed by atoms with van der Waals surface area (Å²) in [7, 11) is 0. The SMILES string of the molecule is CCN(CC)c1ccc(C=CC2=NN(c3cc(C)c4ccccc4n3)C(C=Cc3ccc(N(Cc4ccccc4)Cc4ccccc4)cc3)C2)cc1. The first-order valence-corrected chi connectivity index (χ1v) is 18.4. The molecule has 5 heteroatoms. The molecule has 5 nitrogen and oxygen atoms in total. The van der Waals surface area contributed by atoms with Crippen molar-refractivity contribution in [2.75, 3.05) is 27.9 Å². The zero-order valence-corrected chi connectivity index (χ0v) is 30.4. The minimum absolute atomic E-state index is 0.0325. The molecular weight excluding hydrogens is 635 g/mol. The summed E-state index contributed by atoms with van der Waals surface area (Å²) in [5.41, 5.74) is 10.6. The largest absolute Gasteiger partial charge is 0.372 e. The van der Waals surface area contributed by atoms with Gasteiger partial charge in [-0.15, -0.1) is 0 Å². The van der Waals surface area contributed by atoms with Crippen LogP contribution in [0.1, 0.15) is 48.1 Å². The van der Waals surface area contributed by atoms with Crippen molar-refractivity contribution in [1.82, 2.24) is 4.98 Å². The third-order valence-corrected chi connectivity index (χ3v) is 9.80. The Hall–Kier alpha value is -5.94. The molecule has 7 rings (SSSR count). The van der Waals surface area contributed by atoms with Crippen LogP contribution >= 0.6 is 0 Å². The number of rotatable bonds is 13. The third-order valence-electron chi connectivity index (χ3n) is 9.80. The predicted molar refractivity (Wildman–Crippen MR) is 222 cm³/mol. The van der Waals surface area contributed by atoms with Gasteiger partial charge in [0.1, 0.15) is 5.82 Å². The van der Waals surface area contributed by atoms with Gasteiger partial charge in [-0.25, -0.2) is 9.99 Å². The molecule has 0 radical (unpaired) electrons. The van der Waals surface area contributed by atoms with E-state index in [0.717, 1.165) is 60.8 Å². The van der Waals surface area contributed by atoms with Crippen LogP contribution in [0.3, 0.4) is 0 Å². The number of hydrazone groups is 1. The Morgan fingerprint density at radius 3 is 1.81 bits per heavy atom. The van der Waals surface area contributed by atoms with E-state index < -0.39 is 0 Å². The molecule has 260 valence electrons.